The third-order valence-corrected chi connectivity index (χ3v) is 7.42. The van der Waals surface area contributed by atoms with Gasteiger partial charge in [0.25, 0.3) is 0 Å². The van der Waals surface area contributed by atoms with Crippen molar-refractivity contribution < 1.29 is 0 Å². The van der Waals surface area contributed by atoms with Crippen molar-refractivity contribution in [2.24, 2.45) is 22.7 Å². The van der Waals surface area contributed by atoms with Gasteiger partial charge in [0.1, 0.15) is 0 Å². The van der Waals surface area contributed by atoms with Gasteiger partial charge in [0.05, 0.1) is 0 Å². The van der Waals surface area contributed by atoms with Crippen molar-refractivity contribution in [3.63, 3.8) is 0 Å². The maximum absolute atomic E-state index is 2.65. The van der Waals surface area contributed by atoms with Crippen molar-refractivity contribution in [1.82, 2.24) is 4.90 Å². The zero-order valence-corrected chi connectivity index (χ0v) is 14.7. The Morgan fingerprint density at radius 3 is 2.77 bits per heavy atom. The first-order chi connectivity index (χ1) is 10.4. The first-order valence-corrected chi connectivity index (χ1v) is 9.21. The summed E-state index contributed by atoms with van der Waals surface area (Å²) in [6.07, 6.45) is 18.5. The van der Waals surface area contributed by atoms with Crippen molar-refractivity contribution in [3.05, 3.63) is 35.5 Å². The van der Waals surface area contributed by atoms with Crippen LogP contribution in [0.1, 0.15) is 52.4 Å². The number of likely N-dealkylation sites (N-methyl/N-ethyl adjacent to an activating group) is 1. The highest BCUT2D eigenvalue weighted by molar-refractivity contribution is 5.45. The van der Waals surface area contributed by atoms with Gasteiger partial charge >= 0.3 is 0 Å². The fourth-order valence-electron chi connectivity index (χ4n) is 5.95. The summed E-state index contributed by atoms with van der Waals surface area (Å²) in [6.45, 7) is 5.04. The molecule has 0 aliphatic heterocycles. The zero-order valence-electron chi connectivity index (χ0n) is 14.7. The number of hydrogen-bond donors (Lipinski definition) is 0. The molecule has 0 saturated heterocycles. The first kappa shape index (κ1) is 14.8. The fraction of sp³-hybridized carbons (Fsp3) is 0.714. The Hall–Kier alpha value is -0.820. The normalized spacial score (nSPS) is 46.7. The van der Waals surface area contributed by atoms with E-state index >= 15 is 0 Å². The van der Waals surface area contributed by atoms with E-state index in [4.69, 9.17) is 0 Å². The highest BCUT2D eigenvalue weighted by Crippen LogP contribution is 2.62. The van der Waals surface area contributed by atoms with Gasteiger partial charge in [-0.2, -0.15) is 0 Å². The summed E-state index contributed by atoms with van der Waals surface area (Å²) in [6, 6.07) is 0.487. The zero-order chi connectivity index (χ0) is 15.5. The van der Waals surface area contributed by atoms with Gasteiger partial charge < -0.3 is 0 Å². The van der Waals surface area contributed by atoms with E-state index in [1.165, 1.54) is 38.5 Å². The van der Waals surface area contributed by atoms with Crippen molar-refractivity contribution >= 4 is 0 Å². The van der Waals surface area contributed by atoms with Crippen LogP contribution in [0.5, 0.6) is 0 Å². The molecule has 4 rings (SSSR count). The minimum Gasteiger partial charge on any atom is -0.300 e. The second-order valence-electron chi connectivity index (χ2n) is 8.87. The molecule has 0 amide bonds. The van der Waals surface area contributed by atoms with Crippen molar-refractivity contribution in [2.45, 2.75) is 58.4 Å². The molecular formula is C21H31N. The van der Waals surface area contributed by atoms with E-state index in [1.807, 2.05) is 0 Å². The SMILES string of the molecule is CN(C)C1C=C[C@@]2(C)C(=C1)CC[C@@H]1C2=CC[C@]2(C)CCC[C@@H]12. The molecule has 0 bridgehead atoms. The predicted octanol–water partition coefficient (Wildman–Crippen LogP) is 4.97. The second kappa shape index (κ2) is 4.84. The van der Waals surface area contributed by atoms with Gasteiger partial charge in [-0.25, -0.2) is 0 Å². The fourth-order valence-corrected chi connectivity index (χ4v) is 5.95. The molecule has 5 atom stereocenters. The highest BCUT2D eigenvalue weighted by Gasteiger charge is 2.51. The molecule has 4 aliphatic rings. The largest absolute Gasteiger partial charge is 0.300 e. The summed E-state index contributed by atoms with van der Waals surface area (Å²) in [7, 11) is 4.37. The van der Waals surface area contributed by atoms with Crippen LogP contribution in [0.25, 0.3) is 0 Å². The number of hydrogen-bond acceptors (Lipinski definition) is 1. The molecule has 1 unspecified atom stereocenters. The molecule has 0 N–H and O–H groups in total. The molecule has 2 saturated carbocycles. The molecule has 0 aromatic rings. The van der Waals surface area contributed by atoms with E-state index in [0.29, 0.717) is 11.5 Å². The lowest BCUT2D eigenvalue weighted by molar-refractivity contribution is 0.132. The summed E-state index contributed by atoms with van der Waals surface area (Å²) in [4.78, 5) is 2.32. The van der Waals surface area contributed by atoms with Crippen LogP contribution < -0.4 is 0 Å². The Balaban J connectivity index is 1.72. The molecule has 0 aromatic carbocycles. The minimum absolute atomic E-state index is 0.222. The number of rotatable bonds is 1. The van der Waals surface area contributed by atoms with E-state index in [0.717, 1.165) is 11.8 Å². The third-order valence-electron chi connectivity index (χ3n) is 7.42. The van der Waals surface area contributed by atoms with Gasteiger partial charge in [-0.05, 0) is 70.4 Å². The van der Waals surface area contributed by atoms with E-state index < -0.39 is 0 Å². The lowest BCUT2D eigenvalue weighted by Gasteiger charge is -2.52. The van der Waals surface area contributed by atoms with Gasteiger partial charge in [-0.15, -0.1) is 0 Å². The number of allylic oxidation sites excluding steroid dienone is 4. The molecule has 2 fully saturated rings. The van der Waals surface area contributed by atoms with Crippen molar-refractivity contribution in [3.8, 4) is 0 Å². The maximum Gasteiger partial charge on any atom is 0.0459 e. The van der Waals surface area contributed by atoms with Crippen LogP contribution in [0.4, 0.5) is 0 Å². The summed E-state index contributed by atoms with van der Waals surface area (Å²) < 4.78 is 0. The van der Waals surface area contributed by atoms with Gasteiger partial charge in [0, 0.05) is 11.5 Å². The van der Waals surface area contributed by atoms with Crippen molar-refractivity contribution in [2.75, 3.05) is 14.1 Å². The summed E-state index contributed by atoms with van der Waals surface area (Å²) >= 11 is 0. The highest BCUT2D eigenvalue weighted by atomic mass is 15.1. The molecule has 1 heteroatoms. The molecule has 0 aromatic heterocycles. The lowest BCUT2D eigenvalue weighted by atomic mass is 9.53. The summed E-state index contributed by atoms with van der Waals surface area (Å²) in [5.41, 5.74) is 4.27. The summed E-state index contributed by atoms with van der Waals surface area (Å²) in [5.74, 6) is 1.80. The Labute approximate surface area is 136 Å². The van der Waals surface area contributed by atoms with Crippen LogP contribution in [0.2, 0.25) is 0 Å². The van der Waals surface area contributed by atoms with Crippen LogP contribution in [0.15, 0.2) is 35.5 Å². The molecule has 0 spiro atoms. The molecule has 4 aliphatic carbocycles. The first-order valence-electron chi connectivity index (χ1n) is 9.21. The number of nitrogens with zero attached hydrogens (tertiary/aromatic N) is 1. The minimum atomic E-state index is 0.222. The Morgan fingerprint density at radius 2 is 2.00 bits per heavy atom. The molecule has 120 valence electrons. The van der Waals surface area contributed by atoms with Crippen LogP contribution >= 0.6 is 0 Å². The van der Waals surface area contributed by atoms with Crippen LogP contribution in [0.3, 0.4) is 0 Å². The number of fused-ring (bicyclic) bond motifs is 5. The van der Waals surface area contributed by atoms with Gasteiger partial charge in [-0.3, -0.25) is 4.90 Å². The molecule has 1 nitrogen and oxygen atoms in total. The van der Waals surface area contributed by atoms with E-state index in [1.54, 1.807) is 11.1 Å². The van der Waals surface area contributed by atoms with Crippen LogP contribution in [0, 0.1) is 22.7 Å². The van der Waals surface area contributed by atoms with Gasteiger partial charge in [0.2, 0.25) is 0 Å². The Bertz CT molecular complexity index is 566. The molecule has 0 heterocycles. The molecule has 22 heavy (non-hydrogen) atoms. The van der Waals surface area contributed by atoms with Crippen molar-refractivity contribution in [1.29, 1.82) is 0 Å². The average Bonchev–Trinajstić information content (AvgIpc) is 2.88. The van der Waals surface area contributed by atoms with Gasteiger partial charge in [0.15, 0.2) is 0 Å². The van der Waals surface area contributed by atoms with Gasteiger partial charge in [-0.1, -0.05) is 48.8 Å². The Kier molecular flexibility index (Phi) is 3.24. The predicted molar refractivity (Wildman–Crippen MR) is 93.7 cm³/mol. The summed E-state index contributed by atoms with van der Waals surface area (Å²) in [5, 5.41) is 0. The van der Waals surface area contributed by atoms with Crippen LogP contribution in [-0.4, -0.2) is 25.0 Å². The topological polar surface area (TPSA) is 3.24 Å². The Morgan fingerprint density at radius 1 is 1.18 bits per heavy atom. The van der Waals surface area contributed by atoms with E-state index in [2.05, 4.69) is 57.1 Å². The second-order valence-corrected chi connectivity index (χ2v) is 8.87. The average molecular weight is 297 g/mol. The smallest absolute Gasteiger partial charge is 0.0459 e. The van der Waals surface area contributed by atoms with E-state index in [-0.39, 0.29) is 5.41 Å². The standard InChI is InChI=1S/C21H31N/c1-20-11-5-6-18(20)17-8-7-15-14-16(22(3)4)9-13-21(15,2)19(17)10-12-20/h9-10,13-14,16-18H,5-8,11-12H2,1-4H3/t16?,17-,18-,20-,21-/m0/s1. The quantitative estimate of drug-likeness (QED) is 0.618. The lowest BCUT2D eigenvalue weighted by Crippen LogP contribution is -2.42. The molecular weight excluding hydrogens is 266 g/mol. The van der Waals surface area contributed by atoms with Crippen LogP contribution in [-0.2, 0) is 0 Å². The maximum atomic E-state index is 2.65. The van der Waals surface area contributed by atoms with E-state index in [9.17, 15) is 0 Å². The third kappa shape index (κ3) is 1.94. The molecule has 0 radical (unpaired) electrons. The monoisotopic (exact) mass is 297 g/mol.